The Morgan fingerprint density at radius 3 is 2.56 bits per heavy atom. The molecule has 1 aliphatic rings. The largest absolute Gasteiger partial charge is 0.393 e. The maximum Gasteiger partial charge on any atom is 0.252 e. The lowest BCUT2D eigenvalue weighted by atomic mass is 10.0. The summed E-state index contributed by atoms with van der Waals surface area (Å²) >= 11 is 0. The standard InChI is InChI=1S/C20H30N2O3/c1-13(2)11-17(20(25)21-12-15-8-6-10-18(15)23)22-19(24)16-9-5-4-7-14(16)3/h4-5,7,9,13,15,17-18,23H,6,8,10-12H2,1-3H3,(H,21,25)(H,22,24). The molecule has 0 radical (unpaired) electrons. The molecule has 1 aromatic rings. The molecule has 3 N–H and O–H groups in total. The predicted molar refractivity (Wildman–Crippen MR) is 98.2 cm³/mol. The molecule has 138 valence electrons. The number of carbonyl (C=O) groups is 2. The molecule has 25 heavy (non-hydrogen) atoms. The summed E-state index contributed by atoms with van der Waals surface area (Å²) in [4.78, 5) is 25.1. The SMILES string of the molecule is Cc1ccccc1C(=O)NC(CC(C)C)C(=O)NCC1CCCC1O. The third-order valence-electron chi connectivity index (χ3n) is 4.88. The lowest BCUT2D eigenvalue weighted by molar-refractivity contribution is -0.123. The van der Waals surface area contributed by atoms with Crippen LogP contribution in [0, 0.1) is 18.8 Å². The fourth-order valence-corrected chi connectivity index (χ4v) is 3.38. The maximum atomic E-state index is 12.6. The van der Waals surface area contributed by atoms with Gasteiger partial charge in [0.2, 0.25) is 5.91 Å². The van der Waals surface area contributed by atoms with Crippen molar-refractivity contribution in [3.05, 3.63) is 35.4 Å². The summed E-state index contributed by atoms with van der Waals surface area (Å²) in [6.45, 7) is 6.41. The number of rotatable bonds is 7. The van der Waals surface area contributed by atoms with E-state index in [1.165, 1.54) is 0 Å². The summed E-state index contributed by atoms with van der Waals surface area (Å²) in [6.07, 6.45) is 2.99. The second-order valence-electron chi connectivity index (χ2n) is 7.47. The first-order valence-electron chi connectivity index (χ1n) is 9.20. The van der Waals surface area contributed by atoms with Crippen LogP contribution in [0.2, 0.25) is 0 Å². The van der Waals surface area contributed by atoms with Gasteiger partial charge in [0, 0.05) is 18.0 Å². The number of aliphatic hydroxyl groups excluding tert-OH is 1. The molecule has 1 aliphatic carbocycles. The second-order valence-corrected chi connectivity index (χ2v) is 7.47. The van der Waals surface area contributed by atoms with Crippen LogP contribution >= 0.6 is 0 Å². The van der Waals surface area contributed by atoms with Gasteiger partial charge in [0.1, 0.15) is 6.04 Å². The summed E-state index contributed by atoms with van der Waals surface area (Å²) in [7, 11) is 0. The van der Waals surface area contributed by atoms with Gasteiger partial charge < -0.3 is 15.7 Å². The molecule has 2 rings (SSSR count). The van der Waals surface area contributed by atoms with Gasteiger partial charge in [-0.3, -0.25) is 9.59 Å². The Bertz CT molecular complexity index is 600. The van der Waals surface area contributed by atoms with Crippen LogP contribution in [-0.4, -0.2) is 35.6 Å². The van der Waals surface area contributed by atoms with Crippen LogP contribution in [-0.2, 0) is 4.79 Å². The molecule has 0 heterocycles. The first kappa shape index (κ1) is 19.4. The third-order valence-corrected chi connectivity index (χ3v) is 4.88. The molecule has 0 spiro atoms. The van der Waals surface area contributed by atoms with Crippen LogP contribution in [0.25, 0.3) is 0 Å². The quantitative estimate of drug-likeness (QED) is 0.709. The summed E-state index contributed by atoms with van der Waals surface area (Å²) in [5.74, 6) is 0.00949. The van der Waals surface area contributed by atoms with Crippen molar-refractivity contribution in [3.8, 4) is 0 Å². The van der Waals surface area contributed by atoms with Crippen molar-refractivity contribution >= 4 is 11.8 Å². The highest BCUT2D eigenvalue weighted by Gasteiger charge is 2.28. The Labute approximate surface area is 150 Å². The number of amides is 2. The fourth-order valence-electron chi connectivity index (χ4n) is 3.38. The van der Waals surface area contributed by atoms with Crippen molar-refractivity contribution < 1.29 is 14.7 Å². The van der Waals surface area contributed by atoms with E-state index >= 15 is 0 Å². The van der Waals surface area contributed by atoms with E-state index in [2.05, 4.69) is 10.6 Å². The van der Waals surface area contributed by atoms with Gasteiger partial charge in [-0.05, 0) is 43.7 Å². The molecule has 0 bridgehead atoms. The molecule has 1 fully saturated rings. The van der Waals surface area contributed by atoms with Crippen molar-refractivity contribution in [1.82, 2.24) is 10.6 Å². The van der Waals surface area contributed by atoms with Gasteiger partial charge in [0.05, 0.1) is 6.10 Å². The minimum atomic E-state index is -0.564. The topological polar surface area (TPSA) is 78.4 Å². The molecule has 2 amide bonds. The van der Waals surface area contributed by atoms with E-state index in [-0.39, 0.29) is 29.8 Å². The third kappa shape index (κ3) is 5.56. The minimum absolute atomic E-state index is 0.121. The summed E-state index contributed by atoms with van der Waals surface area (Å²) in [6, 6.07) is 6.79. The molecule has 0 saturated heterocycles. The Balaban J connectivity index is 1.98. The van der Waals surface area contributed by atoms with E-state index in [0.717, 1.165) is 24.8 Å². The predicted octanol–water partition coefficient (Wildman–Crippen LogP) is 2.42. The van der Waals surface area contributed by atoms with E-state index < -0.39 is 6.04 Å². The van der Waals surface area contributed by atoms with E-state index in [1.807, 2.05) is 39.0 Å². The Morgan fingerprint density at radius 1 is 1.24 bits per heavy atom. The fraction of sp³-hybridized carbons (Fsp3) is 0.600. The zero-order chi connectivity index (χ0) is 18.4. The summed E-state index contributed by atoms with van der Waals surface area (Å²) in [5, 5.41) is 15.7. The zero-order valence-corrected chi connectivity index (χ0v) is 15.4. The smallest absolute Gasteiger partial charge is 0.252 e. The van der Waals surface area contributed by atoms with Crippen molar-refractivity contribution in [3.63, 3.8) is 0 Å². The molecule has 1 saturated carbocycles. The molecule has 1 aromatic carbocycles. The highest BCUT2D eigenvalue weighted by atomic mass is 16.3. The Hall–Kier alpha value is -1.88. The zero-order valence-electron chi connectivity index (χ0n) is 15.4. The highest BCUT2D eigenvalue weighted by molar-refractivity contribution is 5.98. The first-order chi connectivity index (χ1) is 11.9. The molecule has 5 heteroatoms. The second kappa shape index (κ2) is 8.99. The van der Waals surface area contributed by atoms with E-state index in [9.17, 15) is 14.7 Å². The Morgan fingerprint density at radius 2 is 1.96 bits per heavy atom. The van der Waals surface area contributed by atoms with Crippen molar-refractivity contribution in [1.29, 1.82) is 0 Å². The number of hydrogen-bond acceptors (Lipinski definition) is 3. The van der Waals surface area contributed by atoms with Crippen molar-refractivity contribution in [2.75, 3.05) is 6.54 Å². The van der Waals surface area contributed by atoms with Gasteiger partial charge in [-0.1, -0.05) is 38.5 Å². The molecule has 3 unspecified atom stereocenters. The van der Waals surface area contributed by atoms with Crippen LogP contribution in [0.4, 0.5) is 0 Å². The van der Waals surface area contributed by atoms with E-state index in [1.54, 1.807) is 6.07 Å². The van der Waals surface area contributed by atoms with Gasteiger partial charge >= 0.3 is 0 Å². The molecule has 5 nitrogen and oxygen atoms in total. The lowest BCUT2D eigenvalue weighted by Gasteiger charge is -2.22. The average molecular weight is 346 g/mol. The van der Waals surface area contributed by atoms with Gasteiger partial charge in [-0.15, -0.1) is 0 Å². The van der Waals surface area contributed by atoms with Crippen LogP contribution in [0.15, 0.2) is 24.3 Å². The first-order valence-corrected chi connectivity index (χ1v) is 9.20. The summed E-state index contributed by atoms with van der Waals surface area (Å²) in [5.41, 5.74) is 1.48. The average Bonchev–Trinajstić information content (AvgIpc) is 2.97. The van der Waals surface area contributed by atoms with Gasteiger partial charge in [-0.2, -0.15) is 0 Å². The molecule has 0 aliphatic heterocycles. The maximum absolute atomic E-state index is 12.6. The number of nitrogens with one attached hydrogen (secondary N) is 2. The molecule has 3 atom stereocenters. The van der Waals surface area contributed by atoms with Crippen molar-refractivity contribution in [2.45, 2.75) is 58.6 Å². The van der Waals surface area contributed by atoms with Gasteiger partial charge in [0.25, 0.3) is 5.91 Å². The van der Waals surface area contributed by atoms with Gasteiger partial charge in [-0.25, -0.2) is 0 Å². The van der Waals surface area contributed by atoms with Gasteiger partial charge in [0.15, 0.2) is 0 Å². The number of benzene rings is 1. The normalized spacial score (nSPS) is 21.2. The monoisotopic (exact) mass is 346 g/mol. The van der Waals surface area contributed by atoms with E-state index in [0.29, 0.717) is 18.5 Å². The highest BCUT2D eigenvalue weighted by Crippen LogP contribution is 2.24. The summed E-state index contributed by atoms with van der Waals surface area (Å²) < 4.78 is 0. The van der Waals surface area contributed by atoms with Crippen LogP contribution in [0.5, 0.6) is 0 Å². The van der Waals surface area contributed by atoms with E-state index in [4.69, 9.17) is 0 Å². The number of aryl methyl sites for hydroxylation is 1. The number of aliphatic hydroxyl groups is 1. The van der Waals surface area contributed by atoms with Crippen LogP contribution in [0.1, 0.15) is 55.5 Å². The Kier molecular flexibility index (Phi) is 7.00. The van der Waals surface area contributed by atoms with Crippen molar-refractivity contribution in [2.24, 2.45) is 11.8 Å². The minimum Gasteiger partial charge on any atom is -0.393 e. The van der Waals surface area contributed by atoms with Crippen LogP contribution < -0.4 is 10.6 Å². The molecular weight excluding hydrogens is 316 g/mol. The van der Waals surface area contributed by atoms with Crippen LogP contribution in [0.3, 0.4) is 0 Å². The molecular formula is C20H30N2O3. The number of hydrogen-bond donors (Lipinski definition) is 3. The molecule has 0 aromatic heterocycles. The number of carbonyl (C=O) groups excluding carboxylic acids is 2. The lowest BCUT2D eigenvalue weighted by Crippen LogP contribution is -2.48.